The lowest BCUT2D eigenvalue weighted by Gasteiger charge is -2.39. The third-order valence-electron chi connectivity index (χ3n) is 4.03. The molecule has 1 aliphatic heterocycles. The van der Waals surface area contributed by atoms with Gasteiger partial charge in [0.1, 0.15) is 24.6 Å². The number of carbonyl (C=O) groups excluding carboxylic acids is 4. The zero-order valence-corrected chi connectivity index (χ0v) is 17.4. The van der Waals surface area contributed by atoms with E-state index in [-0.39, 0.29) is 24.5 Å². The summed E-state index contributed by atoms with van der Waals surface area (Å²) < 4.78 is 30.8. The minimum absolute atomic E-state index is 0.0257. The lowest BCUT2D eigenvalue weighted by Crippen LogP contribution is -2.54. The van der Waals surface area contributed by atoms with Crippen LogP contribution in [0.1, 0.15) is 27.2 Å². The van der Waals surface area contributed by atoms with Gasteiger partial charge >= 0.3 is 24.1 Å². The van der Waals surface area contributed by atoms with Crippen LogP contribution in [0, 0.1) is 10.1 Å². The number of carbonyl (C=O) groups is 4. The van der Waals surface area contributed by atoms with Crippen LogP contribution in [0.4, 0.5) is 10.5 Å². The lowest BCUT2D eigenvalue weighted by molar-refractivity contribution is -0.384. The molecule has 0 radical (unpaired) electrons. The molecule has 1 fully saturated rings. The molecule has 0 aromatic heterocycles. The van der Waals surface area contributed by atoms with Gasteiger partial charge in [0.15, 0.2) is 6.10 Å². The van der Waals surface area contributed by atoms with Crippen molar-refractivity contribution in [3.8, 4) is 5.75 Å². The molecule has 1 aromatic carbocycles. The summed E-state index contributed by atoms with van der Waals surface area (Å²) in [4.78, 5) is 56.3. The van der Waals surface area contributed by atoms with E-state index in [1.165, 1.54) is 12.1 Å². The van der Waals surface area contributed by atoms with Gasteiger partial charge in [0, 0.05) is 32.9 Å². The molecule has 1 heterocycles. The highest BCUT2D eigenvalue weighted by Gasteiger charge is 2.45. The maximum Gasteiger partial charge on any atom is 0.516 e. The van der Waals surface area contributed by atoms with Crippen LogP contribution in [0.3, 0.4) is 0 Å². The standard InChI is InChI=1S/C19H21NO12/c1-10(21)27-9-16-18(29-12(3)23)15(28-11(2)22)8-17(31-16)32-19(24)30-14-6-4-13(5-7-14)20(25)26/h4-7,15-18H,8-9H2,1-3H3. The zero-order chi connectivity index (χ0) is 23.8. The second-order valence-electron chi connectivity index (χ2n) is 6.59. The molecule has 13 nitrogen and oxygen atoms in total. The van der Waals surface area contributed by atoms with Gasteiger partial charge in [-0.3, -0.25) is 24.5 Å². The van der Waals surface area contributed by atoms with Crippen LogP contribution in [0.25, 0.3) is 0 Å². The summed E-state index contributed by atoms with van der Waals surface area (Å²) >= 11 is 0. The summed E-state index contributed by atoms with van der Waals surface area (Å²) in [5, 5.41) is 10.7. The van der Waals surface area contributed by atoms with E-state index in [0.29, 0.717) is 0 Å². The fourth-order valence-electron chi connectivity index (χ4n) is 2.84. The van der Waals surface area contributed by atoms with Crippen LogP contribution in [0.15, 0.2) is 24.3 Å². The highest BCUT2D eigenvalue weighted by molar-refractivity contribution is 5.68. The number of hydrogen-bond donors (Lipinski definition) is 0. The highest BCUT2D eigenvalue weighted by Crippen LogP contribution is 2.27. The van der Waals surface area contributed by atoms with Crippen molar-refractivity contribution in [2.75, 3.05) is 6.61 Å². The molecular formula is C19H21NO12. The second-order valence-corrected chi connectivity index (χ2v) is 6.59. The largest absolute Gasteiger partial charge is 0.516 e. The summed E-state index contributed by atoms with van der Waals surface area (Å²) in [7, 11) is 0. The molecule has 0 amide bonds. The van der Waals surface area contributed by atoms with Crippen molar-refractivity contribution in [1.29, 1.82) is 0 Å². The number of ether oxygens (including phenoxy) is 6. The first-order chi connectivity index (χ1) is 15.0. The molecule has 4 unspecified atom stereocenters. The van der Waals surface area contributed by atoms with Crippen molar-refractivity contribution in [2.24, 2.45) is 0 Å². The molecule has 0 spiro atoms. The normalized spacial score (nSPS) is 22.2. The Morgan fingerprint density at radius 1 is 1.00 bits per heavy atom. The van der Waals surface area contributed by atoms with E-state index in [1.54, 1.807) is 0 Å². The minimum atomic E-state index is -1.31. The molecule has 1 aliphatic rings. The fourth-order valence-corrected chi connectivity index (χ4v) is 2.84. The highest BCUT2D eigenvalue weighted by atomic mass is 16.8. The summed E-state index contributed by atoms with van der Waals surface area (Å²) in [6, 6.07) is 4.66. The number of nitrogens with zero attached hydrogens (tertiary/aromatic N) is 1. The Bertz CT molecular complexity index is 868. The lowest BCUT2D eigenvalue weighted by atomic mass is 10.0. The Balaban J connectivity index is 2.10. The first-order valence-electron chi connectivity index (χ1n) is 9.31. The molecule has 0 saturated carbocycles. The predicted octanol–water partition coefficient (Wildman–Crippen LogP) is 1.65. The Kier molecular flexibility index (Phi) is 8.46. The Labute approximate surface area is 181 Å². The maximum absolute atomic E-state index is 12.1. The number of benzene rings is 1. The maximum atomic E-state index is 12.1. The van der Waals surface area contributed by atoms with Crippen LogP contribution < -0.4 is 4.74 Å². The second kappa shape index (κ2) is 11.0. The molecule has 0 bridgehead atoms. The summed E-state index contributed by atoms with van der Waals surface area (Å²) in [5.74, 6) is -2.05. The molecule has 1 saturated heterocycles. The number of nitro groups is 1. The van der Waals surface area contributed by atoms with Crippen LogP contribution in [0.5, 0.6) is 5.75 Å². The zero-order valence-electron chi connectivity index (χ0n) is 17.4. The van der Waals surface area contributed by atoms with Gasteiger partial charge < -0.3 is 28.4 Å². The van der Waals surface area contributed by atoms with Gasteiger partial charge in [-0.1, -0.05) is 0 Å². The van der Waals surface area contributed by atoms with Gasteiger partial charge in [0.25, 0.3) is 5.69 Å². The smallest absolute Gasteiger partial charge is 0.463 e. The van der Waals surface area contributed by atoms with E-state index in [9.17, 15) is 29.3 Å². The summed E-state index contributed by atoms with van der Waals surface area (Å²) in [5.41, 5.74) is -0.199. The van der Waals surface area contributed by atoms with Gasteiger partial charge in [-0.2, -0.15) is 0 Å². The topological polar surface area (TPSA) is 167 Å². The Hall–Kier alpha value is -3.74. The van der Waals surface area contributed by atoms with E-state index in [1.807, 2.05) is 0 Å². The molecule has 0 N–H and O–H groups in total. The van der Waals surface area contributed by atoms with Crippen molar-refractivity contribution in [1.82, 2.24) is 0 Å². The monoisotopic (exact) mass is 455 g/mol. The van der Waals surface area contributed by atoms with Gasteiger partial charge in [-0.25, -0.2) is 4.79 Å². The Morgan fingerprint density at radius 3 is 2.16 bits per heavy atom. The SMILES string of the molecule is CC(=O)OCC1OC(OC(=O)Oc2ccc([N+](=O)[O-])cc2)CC(OC(C)=O)C1OC(C)=O. The van der Waals surface area contributed by atoms with Crippen LogP contribution >= 0.6 is 0 Å². The van der Waals surface area contributed by atoms with E-state index in [2.05, 4.69) is 0 Å². The number of hydrogen-bond acceptors (Lipinski definition) is 12. The van der Waals surface area contributed by atoms with Crippen molar-refractivity contribution in [3.63, 3.8) is 0 Å². The quantitative estimate of drug-likeness (QED) is 0.192. The molecule has 2 rings (SSSR count). The molecular weight excluding hydrogens is 434 g/mol. The van der Waals surface area contributed by atoms with E-state index < -0.39 is 53.6 Å². The average molecular weight is 455 g/mol. The van der Waals surface area contributed by atoms with E-state index in [0.717, 1.165) is 32.9 Å². The third kappa shape index (κ3) is 7.50. The summed E-state index contributed by atoms with van der Waals surface area (Å²) in [6.45, 7) is 3.06. The van der Waals surface area contributed by atoms with Crippen LogP contribution in [-0.2, 0) is 38.1 Å². The summed E-state index contributed by atoms with van der Waals surface area (Å²) in [6.07, 6.45) is -6.02. The predicted molar refractivity (Wildman–Crippen MR) is 101 cm³/mol. The minimum Gasteiger partial charge on any atom is -0.463 e. The molecule has 32 heavy (non-hydrogen) atoms. The van der Waals surface area contributed by atoms with E-state index >= 15 is 0 Å². The first kappa shape index (κ1) is 24.5. The average Bonchev–Trinajstić information content (AvgIpc) is 2.68. The molecule has 13 heteroatoms. The third-order valence-corrected chi connectivity index (χ3v) is 4.03. The van der Waals surface area contributed by atoms with Crippen LogP contribution in [-0.4, -0.2) is 60.2 Å². The fraction of sp³-hybridized carbons (Fsp3) is 0.474. The number of rotatable bonds is 7. The van der Waals surface area contributed by atoms with Gasteiger partial charge in [0.05, 0.1) is 11.3 Å². The van der Waals surface area contributed by atoms with Crippen molar-refractivity contribution < 1.29 is 52.5 Å². The molecule has 1 aromatic rings. The van der Waals surface area contributed by atoms with Gasteiger partial charge in [-0.15, -0.1) is 0 Å². The van der Waals surface area contributed by atoms with Gasteiger partial charge in [0.2, 0.25) is 6.29 Å². The first-order valence-corrected chi connectivity index (χ1v) is 9.31. The number of esters is 3. The van der Waals surface area contributed by atoms with Crippen molar-refractivity contribution in [3.05, 3.63) is 34.4 Å². The van der Waals surface area contributed by atoms with Gasteiger partial charge in [-0.05, 0) is 12.1 Å². The molecule has 174 valence electrons. The molecule has 0 aliphatic carbocycles. The van der Waals surface area contributed by atoms with Crippen molar-refractivity contribution >= 4 is 29.8 Å². The van der Waals surface area contributed by atoms with Crippen molar-refractivity contribution in [2.45, 2.75) is 51.8 Å². The number of non-ortho nitro benzene ring substituents is 1. The Morgan fingerprint density at radius 2 is 1.62 bits per heavy atom. The van der Waals surface area contributed by atoms with Crippen LogP contribution in [0.2, 0.25) is 0 Å². The van der Waals surface area contributed by atoms with E-state index in [4.69, 9.17) is 28.4 Å². The molecule has 4 atom stereocenters. The number of nitro benzene ring substituents is 1.